The minimum Gasteiger partial charge on any atom is -0.354 e. The molecule has 2 saturated carbocycles. The van der Waals surface area contributed by atoms with Crippen molar-refractivity contribution in [3.8, 4) is 0 Å². The van der Waals surface area contributed by atoms with Crippen LogP contribution in [0.2, 0.25) is 10.0 Å². The van der Waals surface area contributed by atoms with E-state index in [0.29, 0.717) is 18.0 Å². The minimum atomic E-state index is -0.877. The fraction of sp³-hybridized carbons (Fsp3) is 0.481. The van der Waals surface area contributed by atoms with Crippen LogP contribution >= 0.6 is 23.2 Å². The number of nitrogens with one attached hydrogen (secondary N) is 2. The maximum Gasteiger partial charge on any atom is 0.246 e. The molecule has 2 N–H and O–H groups in total. The average molecular weight is 485 g/mol. The molecule has 2 aromatic rings. The molecule has 33 heavy (non-hydrogen) atoms. The molecule has 3 aliphatic rings. The van der Waals surface area contributed by atoms with Crippen molar-refractivity contribution >= 4 is 35.0 Å². The van der Waals surface area contributed by atoms with Gasteiger partial charge in [0.1, 0.15) is 5.54 Å². The summed E-state index contributed by atoms with van der Waals surface area (Å²) in [5.74, 6) is 0.120. The number of benzene rings is 2. The Morgan fingerprint density at radius 3 is 2.48 bits per heavy atom. The molecule has 4 atom stereocenters. The standard InChI is InChI=1S/C27H30Cl2N2O2/c1-16-6-11-20(23(29)14-16)21-12-13-27(31-25(32)18-4-2-3-5-18)22(15-30-26(27)33)24(21)17-7-9-19(28)10-8-17/h6-11,14,18,21-22,24H,2-5,12-13,15H2,1H3,(H,30,33)(H,31,32)/t21-,22-,24-,27-/m0/s1. The smallest absolute Gasteiger partial charge is 0.246 e. The summed E-state index contributed by atoms with van der Waals surface area (Å²) in [4.78, 5) is 26.5. The summed E-state index contributed by atoms with van der Waals surface area (Å²) in [5.41, 5.74) is 2.48. The first-order chi connectivity index (χ1) is 15.9. The maximum atomic E-state index is 13.3. The molecule has 0 spiro atoms. The molecule has 0 aromatic heterocycles. The van der Waals surface area contributed by atoms with E-state index in [0.717, 1.165) is 53.8 Å². The Morgan fingerprint density at radius 1 is 1.06 bits per heavy atom. The van der Waals surface area contributed by atoms with Crippen LogP contribution in [0.4, 0.5) is 0 Å². The monoisotopic (exact) mass is 484 g/mol. The quantitative estimate of drug-likeness (QED) is 0.579. The van der Waals surface area contributed by atoms with Gasteiger partial charge in [-0.25, -0.2) is 0 Å². The fourth-order valence-corrected chi connectivity index (χ4v) is 6.93. The number of hydrogen-bond donors (Lipinski definition) is 2. The number of carbonyl (C=O) groups is 2. The average Bonchev–Trinajstić information content (AvgIpc) is 3.44. The first-order valence-corrected chi connectivity index (χ1v) is 12.8. The first-order valence-electron chi connectivity index (χ1n) is 12.0. The molecular weight excluding hydrogens is 455 g/mol. The van der Waals surface area contributed by atoms with Crippen molar-refractivity contribution < 1.29 is 9.59 Å². The van der Waals surface area contributed by atoms with Crippen molar-refractivity contribution in [1.82, 2.24) is 10.6 Å². The Balaban J connectivity index is 1.56. The molecule has 2 aliphatic carbocycles. The lowest BCUT2D eigenvalue weighted by Crippen LogP contribution is -2.61. The molecule has 0 radical (unpaired) electrons. The van der Waals surface area contributed by atoms with Gasteiger partial charge in [-0.3, -0.25) is 9.59 Å². The predicted molar refractivity (Wildman–Crippen MR) is 132 cm³/mol. The van der Waals surface area contributed by atoms with Crippen molar-refractivity contribution in [1.29, 1.82) is 0 Å². The van der Waals surface area contributed by atoms with E-state index in [9.17, 15) is 9.59 Å². The van der Waals surface area contributed by atoms with E-state index in [2.05, 4.69) is 34.9 Å². The van der Waals surface area contributed by atoms with E-state index in [1.165, 1.54) is 0 Å². The van der Waals surface area contributed by atoms with Crippen LogP contribution in [0.5, 0.6) is 0 Å². The molecule has 1 heterocycles. The third-order valence-electron chi connectivity index (χ3n) is 8.12. The summed E-state index contributed by atoms with van der Waals surface area (Å²) in [5, 5.41) is 7.82. The molecule has 0 bridgehead atoms. The highest BCUT2D eigenvalue weighted by Crippen LogP contribution is 2.54. The highest BCUT2D eigenvalue weighted by atomic mass is 35.5. The summed E-state index contributed by atoms with van der Waals surface area (Å²) < 4.78 is 0. The number of amides is 2. The van der Waals surface area contributed by atoms with Crippen LogP contribution in [-0.4, -0.2) is 23.9 Å². The van der Waals surface area contributed by atoms with Gasteiger partial charge in [-0.05, 0) is 79.3 Å². The van der Waals surface area contributed by atoms with Gasteiger partial charge in [0.2, 0.25) is 11.8 Å². The molecule has 2 amide bonds. The molecule has 5 rings (SSSR count). The van der Waals surface area contributed by atoms with Gasteiger partial charge < -0.3 is 10.6 Å². The van der Waals surface area contributed by atoms with E-state index in [-0.39, 0.29) is 35.5 Å². The Morgan fingerprint density at radius 2 is 1.79 bits per heavy atom. The zero-order valence-electron chi connectivity index (χ0n) is 18.9. The Hall–Kier alpha value is -2.04. The molecular formula is C27H30Cl2N2O2. The van der Waals surface area contributed by atoms with Gasteiger partial charge in [-0.2, -0.15) is 0 Å². The van der Waals surface area contributed by atoms with E-state index in [1.54, 1.807) is 0 Å². The zero-order chi connectivity index (χ0) is 23.2. The summed E-state index contributed by atoms with van der Waals surface area (Å²) in [6.45, 7) is 2.58. The van der Waals surface area contributed by atoms with Crippen LogP contribution in [0.15, 0.2) is 42.5 Å². The van der Waals surface area contributed by atoms with E-state index >= 15 is 0 Å². The number of halogens is 2. The minimum absolute atomic E-state index is 0.0201. The second-order valence-electron chi connectivity index (χ2n) is 10.0. The van der Waals surface area contributed by atoms with Gasteiger partial charge in [0.15, 0.2) is 0 Å². The van der Waals surface area contributed by atoms with Gasteiger partial charge in [0.25, 0.3) is 0 Å². The number of fused-ring (bicyclic) bond motifs is 1. The second-order valence-corrected chi connectivity index (χ2v) is 10.8. The van der Waals surface area contributed by atoms with Crippen molar-refractivity contribution in [3.05, 3.63) is 69.2 Å². The normalized spacial score (nSPS) is 29.5. The summed E-state index contributed by atoms with van der Waals surface area (Å²) in [7, 11) is 0. The van der Waals surface area contributed by atoms with Crippen LogP contribution in [0.1, 0.15) is 67.1 Å². The van der Waals surface area contributed by atoms with Crippen LogP contribution in [0.25, 0.3) is 0 Å². The Bertz CT molecular complexity index is 1060. The summed E-state index contributed by atoms with van der Waals surface area (Å²) in [6.07, 6.45) is 5.38. The molecule has 0 unspecified atom stereocenters. The topological polar surface area (TPSA) is 58.2 Å². The van der Waals surface area contributed by atoms with E-state index in [1.807, 2.05) is 25.1 Å². The van der Waals surface area contributed by atoms with Crippen molar-refractivity contribution in [2.75, 3.05) is 6.54 Å². The molecule has 6 heteroatoms. The second kappa shape index (κ2) is 8.96. The van der Waals surface area contributed by atoms with Gasteiger partial charge in [-0.15, -0.1) is 0 Å². The SMILES string of the molecule is Cc1ccc([C@@H]2CC[C@@]3(NC(=O)C4CCCC4)C(=O)NC[C@H]3[C@H]2c2ccc(Cl)cc2)c(Cl)c1. The molecule has 1 saturated heterocycles. The first kappa shape index (κ1) is 22.7. The summed E-state index contributed by atoms with van der Waals surface area (Å²) >= 11 is 12.9. The lowest BCUT2D eigenvalue weighted by atomic mass is 9.60. The highest BCUT2D eigenvalue weighted by molar-refractivity contribution is 6.31. The van der Waals surface area contributed by atoms with Crippen molar-refractivity contribution in [2.45, 2.75) is 62.8 Å². The highest BCUT2D eigenvalue weighted by Gasteiger charge is 2.59. The zero-order valence-corrected chi connectivity index (χ0v) is 20.4. The Kier molecular flexibility index (Phi) is 6.17. The van der Waals surface area contributed by atoms with Crippen LogP contribution in [0.3, 0.4) is 0 Å². The van der Waals surface area contributed by atoms with Crippen LogP contribution in [-0.2, 0) is 9.59 Å². The van der Waals surface area contributed by atoms with Crippen molar-refractivity contribution in [2.24, 2.45) is 11.8 Å². The van der Waals surface area contributed by atoms with Crippen LogP contribution < -0.4 is 10.6 Å². The molecule has 1 aliphatic heterocycles. The fourth-order valence-electron chi connectivity index (χ4n) is 6.43. The Labute approximate surface area is 205 Å². The van der Waals surface area contributed by atoms with Gasteiger partial charge >= 0.3 is 0 Å². The molecule has 174 valence electrons. The molecule has 2 aromatic carbocycles. The largest absolute Gasteiger partial charge is 0.354 e. The van der Waals surface area contributed by atoms with Crippen molar-refractivity contribution in [3.63, 3.8) is 0 Å². The summed E-state index contributed by atoms with van der Waals surface area (Å²) in [6, 6.07) is 14.2. The van der Waals surface area contributed by atoms with E-state index in [4.69, 9.17) is 23.2 Å². The third kappa shape index (κ3) is 4.06. The number of hydrogen-bond acceptors (Lipinski definition) is 2. The molecule has 4 nitrogen and oxygen atoms in total. The number of rotatable bonds is 4. The lowest BCUT2D eigenvalue weighted by molar-refractivity contribution is -0.136. The lowest BCUT2D eigenvalue weighted by Gasteiger charge is -2.47. The van der Waals surface area contributed by atoms with Gasteiger partial charge in [0, 0.05) is 28.4 Å². The van der Waals surface area contributed by atoms with Gasteiger partial charge in [0.05, 0.1) is 0 Å². The molecule has 3 fully saturated rings. The number of aryl methyl sites for hydroxylation is 1. The van der Waals surface area contributed by atoms with Gasteiger partial charge in [-0.1, -0.05) is 60.3 Å². The maximum absolute atomic E-state index is 13.3. The predicted octanol–water partition coefficient (Wildman–Crippen LogP) is 5.75. The third-order valence-corrected chi connectivity index (χ3v) is 8.70. The van der Waals surface area contributed by atoms with E-state index < -0.39 is 5.54 Å². The van der Waals surface area contributed by atoms with Crippen LogP contribution in [0, 0.1) is 18.8 Å². The number of carbonyl (C=O) groups excluding carboxylic acids is 2.